The zero-order chi connectivity index (χ0) is 25.5. The lowest BCUT2D eigenvalue weighted by molar-refractivity contribution is 0.0498. The predicted molar refractivity (Wildman–Crippen MR) is 145 cm³/mol. The number of carbonyl (C=O) groups excluding carboxylic acids is 1. The molecule has 3 aromatic carbocycles. The number of hydrogen-bond acceptors (Lipinski definition) is 5. The number of rotatable bonds is 4. The minimum atomic E-state index is -0.551. The van der Waals surface area contributed by atoms with Crippen molar-refractivity contribution in [3.8, 4) is 0 Å². The van der Waals surface area contributed by atoms with Crippen LogP contribution in [0.3, 0.4) is 0 Å². The van der Waals surface area contributed by atoms with Crippen LogP contribution in [0.1, 0.15) is 50.4 Å². The van der Waals surface area contributed by atoms with E-state index in [1.165, 1.54) is 16.5 Å². The van der Waals surface area contributed by atoms with E-state index in [-0.39, 0.29) is 30.7 Å². The molecule has 7 heteroatoms. The number of aliphatic hydroxyl groups is 1. The van der Waals surface area contributed by atoms with E-state index >= 15 is 0 Å². The van der Waals surface area contributed by atoms with Crippen molar-refractivity contribution in [1.29, 1.82) is 0 Å². The molecule has 1 amide bonds. The normalized spacial score (nSPS) is 17.5. The summed E-state index contributed by atoms with van der Waals surface area (Å²) in [5.41, 5.74) is 4.94. The number of aromatic nitrogens is 1. The Morgan fingerprint density at radius 3 is 2.41 bits per heavy atom. The van der Waals surface area contributed by atoms with Gasteiger partial charge in [0.2, 0.25) is 0 Å². The van der Waals surface area contributed by atoms with Crippen molar-refractivity contribution in [1.82, 2.24) is 9.58 Å². The minimum absolute atomic E-state index is 0.182. The molecular formula is C30H27N3O3S. The van der Waals surface area contributed by atoms with Crippen LogP contribution < -0.4 is 10.4 Å². The van der Waals surface area contributed by atoms with Crippen molar-refractivity contribution in [3.05, 3.63) is 135 Å². The summed E-state index contributed by atoms with van der Waals surface area (Å²) in [5, 5.41) is 12.6. The van der Waals surface area contributed by atoms with Crippen molar-refractivity contribution in [2.75, 3.05) is 18.3 Å². The number of nitrogens with zero attached hydrogens (tertiary/aromatic N) is 3. The van der Waals surface area contributed by atoms with Crippen LogP contribution in [-0.4, -0.2) is 33.9 Å². The van der Waals surface area contributed by atoms with E-state index in [1.807, 2.05) is 52.8 Å². The Kier molecular flexibility index (Phi) is 6.10. The van der Waals surface area contributed by atoms with Gasteiger partial charge in [-0.05, 0) is 35.2 Å². The Morgan fingerprint density at radius 1 is 0.919 bits per heavy atom. The first-order chi connectivity index (χ1) is 18.1. The smallest absolute Gasteiger partial charge is 0.274 e. The van der Waals surface area contributed by atoms with Gasteiger partial charge in [-0.15, -0.1) is 11.8 Å². The Labute approximate surface area is 219 Å². The van der Waals surface area contributed by atoms with Gasteiger partial charge in [0, 0.05) is 28.5 Å². The van der Waals surface area contributed by atoms with Gasteiger partial charge in [-0.1, -0.05) is 72.8 Å². The molecule has 1 N–H and O–H groups in total. The van der Waals surface area contributed by atoms with Gasteiger partial charge in [-0.3, -0.25) is 19.3 Å². The van der Waals surface area contributed by atoms with Crippen LogP contribution in [0.2, 0.25) is 0 Å². The minimum Gasteiger partial charge on any atom is -0.394 e. The molecule has 2 aliphatic rings. The molecule has 37 heavy (non-hydrogen) atoms. The third-order valence-electron chi connectivity index (χ3n) is 7.34. The summed E-state index contributed by atoms with van der Waals surface area (Å²) < 4.78 is 1.85. The summed E-state index contributed by atoms with van der Waals surface area (Å²) in [6, 6.07) is 27.2. The maximum atomic E-state index is 14.0. The topological polar surface area (TPSA) is 65.8 Å². The summed E-state index contributed by atoms with van der Waals surface area (Å²) in [7, 11) is 0. The second kappa shape index (κ2) is 9.57. The van der Waals surface area contributed by atoms with E-state index < -0.39 is 6.04 Å². The Bertz CT molecular complexity index is 1490. The number of fused-ring (bicyclic) bond motifs is 3. The molecule has 6 rings (SSSR count). The van der Waals surface area contributed by atoms with E-state index in [0.29, 0.717) is 11.3 Å². The second-order valence-corrected chi connectivity index (χ2v) is 10.4. The average molecular weight is 510 g/mol. The van der Waals surface area contributed by atoms with Crippen molar-refractivity contribution in [2.24, 2.45) is 0 Å². The average Bonchev–Trinajstić information content (AvgIpc) is 3.10. The highest BCUT2D eigenvalue weighted by molar-refractivity contribution is 7.98. The molecule has 3 heterocycles. The molecule has 6 nitrogen and oxygen atoms in total. The maximum absolute atomic E-state index is 14.0. The first kappa shape index (κ1) is 23.6. The highest BCUT2D eigenvalue weighted by atomic mass is 32.2. The summed E-state index contributed by atoms with van der Waals surface area (Å²) in [6.45, 7) is 1.72. The third-order valence-corrected chi connectivity index (χ3v) is 8.47. The third kappa shape index (κ3) is 3.95. The van der Waals surface area contributed by atoms with Crippen LogP contribution >= 0.6 is 11.8 Å². The Hall–Kier alpha value is -3.81. The maximum Gasteiger partial charge on any atom is 0.274 e. The Balaban J connectivity index is 1.59. The van der Waals surface area contributed by atoms with Crippen molar-refractivity contribution >= 4 is 17.7 Å². The summed E-state index contributed by atoms with van der Waals surface area (Å²) in [5.74, 6) is 0.582. The number of hydrogen-bond donors (Lipinski definition) is 1. The summed E-state index contributed by atoms with van der Waals surface area (Å²) >= 11 is 1.81. The van der Waals surface area contributed by atoms with E-state index in [9.17, 15) is 14.7 Å². The molecule has 0 spiro atoms. The van der Waals surface area contributed by atoms with Crippen LogP contribution in [0.5, 0.6) is 0 Å². The van der Waals surface area contributed by atoms with E-state index in [4.69, 9.17) is 0 Å². The molecule has 2 aliphatic heterocycles. The van der Waals surface area contributed by atoms with Crippen LogP contribution in [0.15, 0.2) is 101 Å². The van der Waals surface area contributed by atoms with Crippen LogP contribution in [0.25, 0.3) is 0 Å². The molecule has 186 valence electrons. The molecule has 0 saturated carbocycles. The van der Waals surface area contributed by atoms with Gasteiger partial charge in [0.25, 0.3) is 5.91 Å². The van der Waals surface area contributed by atoms with Gasteiger partial charge >= 0.3 is 0 Å². The second-order valence-electron chi connectivity index (χ2n) is 9.39. The fourth-order valence-electron chi connectivity index (χ4n) is 5.44. The first-order valence-corrected chi connectivity index (χ1v) is 13.3. The predicted octanol–water partition coefficient (Wildman–Crippen LogP) is 4.64. The number of thioether (sulfide) groups is 1. The molecule has 1 aromatic heterocycles. The van der Waals surface area contributed by atoms with Crippen molar-refractivity contribution in [3.63, 3.8) is 0 Å². The van der Waals surface area contributed by atoms with Gasteiger partial charge < -0.3 is 10.0 Å². The number of pyridine rings is 1. The summed E-state index contributed by atoms with van der Waals surface area (Å²) in [4.78, 5) is 29.6. The van der Waals surface area contributed by atoms with Crippen LogP contribution in [-0.2, 0) is 5.75 Å². The number of amides is 1. The van der Waals surface area contributed by atoms with Gasteiger partial charge in [0.1, 0.15) is 12.4 Å². The van der Waals surface area contributed by atoms with E-state index in [1.54, 1.807) is 18.0 Å². The largest absolute Gasteiger partial charge is 0.394 e. The molecule has 0 fully saturated rings. The van der Waals surface area contributed by atoms with Gasteiger partial charge in [-0.2, -0.15) is 0 Å². The fourth-order valence-corrected chi connectivity index (χ4v) is 6.54. The molecule has 0 radical (unpaired) electrons. The standard InChI is InChI=1S/C30H27N3O3S/c1-20-26(35)15-16-32-28(20)30(36)31(25(17-34)21-9-3-2-4-10-21)19-33(32)29-23-12-6-5-11-22(23)18-37-27-14-8-7-13-24(27)29/h2-16,25,29,34H,17-19H2,1H3/t25-,29?/m0/s1. The van der Waals surface area contributed by atoms with Crippen LogP contribution in [0.4, 0.5) is 0 Å². The fraction of sp³-hybridized carbons (Fsp3) is 0.200. The SMILES string of the molecule is Cc1c2n(ccc1=O)N(C1c3ccccc3CSc3ccccc31)CN([C@@H](CO)c1ccccc1)C2=O. The molecule has 4 aromatic rings. The molecule has 0 bridgehead atoms. The lowest BCUT2D eigenvalue weighted by atomic mass is 9.94. The highest BCUT2D eigenvalue weighted by Gasteiger charge is 2.40. The molecule has 0 aliphatic carbocycles. The number of aliphatic hydroxyl groups excluding tert-OH is 1. The van der Waals surface area contributed by atoms with Crippen molar-refractivity contribution < 1.29 is 9.90 Å². The zero-order valence-electron chi connectivity index (χ0n) is 20.4. The first-order valence-electron chi connectivity index (χ1n) is 12.3. The Morgan fingerprint density at radius 2 is 1.62 bits per heavy atom. The van der Waals surface area contributed by atoms with Gasteiger partial charge in [0.15, 0.2) is 5.43 Å². The highest BCUT2D eigenvalue weighted by Crippen LogP contribution is 2.43. The van der Waals surface area contributed by atoms with E-state index in [0.717, 1.165) is 22.4 Å². The quantitative estimate of drug-likeness (QED) is 0.434. The van der Waals surface area contributed by atoms with Gasteiger partial charge in [-0.25, -0.2) is 0 Å². The lowest BCUT2D eigenvalue weighted by Crippen LogP contribution is -2.57. The van der Waals surface area contributed by atoms with Crippen LogP contribution in [0, 0.1) is 6.92 Å². The van der Waals surface area contributed by atoms with E-state index in [2.05, 4.69) is 47.5 Å². The van der Waals surface area contributed by atoms with Gasteiger partial charge in [0.05, 0.1) is 18.7 Å². The number of carbonyl (C=O) groups is 1. The lowest BCUT2D eigenvalue weighted by Gasteiger charge is -2.46. The molecule has 1 unspecified atom stereocenters. The monoisotopic (exact) mass is 509 g/mol. The summed E-state index contributed by atoms with van der Waals surface area (Å²) in [6.07, 6.45) is 1.71. The zero-order valence-corrected chi connectivity index (χ0v) is 21.3. The number of benzene rings is 3. The molecule has 2 atom stereocenters. The molecule has 0 saturated heterocycles. The molecular weight excluding hydrogens is 482 g/mol. The van der Waals surface area contributed by atoms with Crippen molar-refractivity contribution in [2.45, 2.75) is 29.7 Å².